The average molecular weight is 286 g/mol. The number of nitrogens with one attached hydrogen (secondary N) is 2. The van der Waals surface area contributed by atoms with Crippen molar-refractivity contribution in [2.24, 2.45) is 0 Å². The number of carbonyl (C=O) groups excluding carboxylic acids is 1. The fraction of sp³-hybridized carbons (Fsp3) is 0.133. The van der Waals surface area contributed by atoms with Crippen molar-refractivity contribution in [3.8, 4) is 5.75 Å². The average Bonchev–Trinajstić information content (AvgIpc) is 3.08. The van der Waals surface area contributed by atoms with Crippen LogP contribution < -0.4 is 5.32 Å². The molecule has 1 amide bonds. The summed E-state index contributed by atoms with van der Waals surface area (Å²) in [6, 6.07) is 8.94. The van der Waals surface area contributed by atoms with E-state index in [1.807, 2.05) is 29.8 Å². The van der Waals surface area contributed by atoms with Crippen molar-refractivity contribution in [1.29, 1.82) is 0 Å². The number of aromatic amines is 1. The van der Waals surface area contributed by atoms with Crippen molar-refractivity contribution in [2.75, 3.05) is 6.54 Å². The van der Waals surface area contributed by atoms with E-state index in [9.17, 15) is 9.90 Å². The second-order valence-electron chi connectivity index (χ2n) is 4.53. The summed E-state index contributed by atoms with van der Waals surface area (Å²) in [5.41, 5.74) is 2.04. The van der Waals surface area contributed by atoms with E-state index in [4.69, 9.17) is 0 Å². The van der Waals surface area contributed by atoms with Gasteiger partial charge in [0, 0.05) is 29.7 Å². The monoisotopic (exact) mass is 286 g/mol. The van der Waals surface area contributed by atoms with Gasteiger partial charge in [0.05, 0.1) is 4.88 Å². The van der Waals surface area contributed by atoms with E-state index < -0.39 is 0 Å². The Bertz CT molecular complexity index is 732. The highest BCUT2D eigenvalue weighted by molar-refractivity contribution is 7.12. The first-order valence-corrected chi connectivity index (χ1v) is 7.23. The third-order valence-corrected chi connectivity index (χ3v) is 4.04. The quantitative estimate of drug-likeness (QED) is 0.690. The Balaban J connectivity index is 1.64. The molecule has 1 aromatic carbocycles. The van der Waals surface area contributed by atoms with Gasteiger partial charge in [-0.2, -0.15) is 0 Å². The summed E-state index contributed by atoms with van der Waals surface area (Å²) in [6.07, 6.45) is 2.67. The number of phenols is 1. The summed E-state index contributed by atoms with van der Waals surface area (Å²) >= 11 is 1.44. The van der Waals surface area contributed by atoms with Crippen molar-refractivity contribution in [3.63, 3.8) is 0 Å². The fourth-order valence-corrected chi connectivity index (χ4v) is 2.83. The van der Waals surface area contributed by atoms with Gasteiger partial charge in [0.25, 0.3) is 5.91 Å². The molecule has 3 N–H and O–H groups in total. The number of H-pyrrole nitrogens is 1. The maximum Gasteiger partial charge on any atom is 0.261 e. The van der Waals surface area contributed by atoms with E-state index in [0.717, 1.165) is 27.8 Å². The van der Waals surface area contributed by atoms with Crippen LogP contribution >= 0.6 is 11.3 Å². The molecule has 5 heteroatoms. The largest absolute Gasteiger partial charge is 0.508 e. The lowest BCUT2D eigenvalue weighted by Crippen LogP contribution is -2.24. The number of fused-ring (bicyclic) bond motifs is 1. The Kier molecular flexibility index (Phi) is 3.43. The van der Waals surface area contributed by atoms with Crippen LogP contribution in [0, 0.1) is 0 Å². The molecule has 4 nitrogen and oxygen atoms in total. The number of phenolic OH excluding ortho intramolecular Hbond substituents is 1. The van der Waals surface area contributed by atoms with Crippen molar-refractivity contribution in [1.82, 2.24) is 10.3 Å². The van der Waals surface area contributed by atoms with E-state index in [1.165, 1.54) is 11.3 Å². The van der Waals surface area contributed by atoms with E-state index in [1.54, 1.807) is 12.1 Å². The van der Waals surface area contributed by atoms with Crippen LogP contribution in [0.15, 0.2) is 41.9 Å². The highest BCUT2D eigenvalue weighted by Crippen LogP contribution is 2.22. The van der Waals surface area contributed by atoms with Gasteiger partial charge in [0.1, 0.15) is 5.75 Å². The van der Waals surface area contributed by atoms with Crippen LogP contribution in [0.5, 0.6) is 5.75 Å². The Morgan fingerprint density at radius 1 is 1.35 bits per heavy atom. The van der Waals surface area contributed by atoms with Crippen LogP contribution in [-0.2, 0) is 6.42 Å². The predicted molar refractivity (Wildman–Crippen MR) is 80.3 cm³/mol. The molecule has 0 fully saturated rings. The first-order chi connectivity index (χ1) is 9.74. The van der Waals surface area contributed by atoms with Gasteiger partial charge in [-0.15, -0.1) is 11.3 Å². The maximum absolute atomic E-state index is 11.8. The standard InChI is InChI=1S/C15H14N2O2S/c18-11-3-4-12-10(9-17-13(12)8-11)5-6-16-15(19)14-2-1-7-20-14/h1-4,7-9,17-18H,5-6H2,(H,16,19). The summed E-state index contributed by atoms with van der Waals surface area (Å²) < 4.78 is 0. The zero-order valence-corrected chi connectivity index (χ0v) is 11.5. The molecule has 102 valence electrons. The zero-order valence-electron chi connectivity index (χ0n) is 10.7. The van der Waals surface area contributed by atoms with Crippen LogP contribution in [-0.4, -0.2) is 22.5 Å². The molecule has 0 unspecified atom stereocenters. The molecule has 3 rings (SSSR count). The molecule has 0 aliphatic rings. The van der Waals surface area contributed by atoms with Crippen LogP contribution in [0.3, 0.4) is 0 Å². The lowest BCUT2D eigenvalue weighted by atomic mass is 10.1. The first-order valence-electron chi connectivity index (χ1n) is 6.35. The number of rotatable bonds is 4. The van der Waals surface area contributed by atoms with Gasteiger partial charge < -0.3 is 15.4 Å². The van der Waals surface area contributed by atoms with Crippen molar-refractivity contribution >= 4 is 28.1 Å². The van der Waals surface area contributed by atoms with Crippen LogP contribution in [0.25, 0.3) is 10.9 Å². The smallest absolute Gasteiger partial charge is 0.261 e. The number of hydrogen-bond donors (Lipinski definition) is 3. The number of hydrogen-bond acceptors (Lipinski definition) is 3. The second kappa shape index (κ2) is 5.38. The first kappa shape index (κ1) is 12.7. The Labute approximate surface area is 120 Å². The topological polar surface area (TPSA) is 65.1 Å². The van der Waals surface area contributed by atoms with Gasteiger partial charge in [-0.05, 0) is 35.6 Å². The van der Waals surface area contributed by atoms with Crippen LogP contribution in [0.4, 0.5) is 0 Å². The molecular formula is C15H14N2O2S. The third-order valence-electron chi connectivity index (χ3n) is 3.18. The molecule has 3 aromatic rings. The molecule has 2 heterocycles. The summed E-state index contributed by atoms with van der Waals surface area (Å²) in [5.74, 6) is 0.217. The van der Waals surface area contributed by atoms with Gasteiger partial charge in [0.2, 0.25) is 0 Å². The molecule has 0 radical (unpaired) electrons. The number of amides is 1. The number of benzene rings is 1. The molecule has 0 spiro atoms. The van der Waals surface area contributed by atoms with E-state index in [0.29, 0.717) is 6.54 Å². The third kappa shape index (κ3) is 2.53. The Morgan fingerprint density at radius 2 is 2.25 bits per heavy atom. The minimum Gasteiger partial charge on any atom is -0.508 e. The van der Waals surface area contributed by atoms with Crippen LogP contribution in [0.2, 0.25) is 0 Å². The SMILES string of the molecule is O=C(NCCc1c[nH]c2cc(O)ccc12)c1cccs1. The molecule has 20 heavy (non-hydrogen) atoms. The molecule has 2 aromatic heterocycles. The van der Waals surface area contributed by atoms with Gasteiger partial charge in [-0.3, -0.25) is 4.79 Å². The Morgan fingerprint density at radius 3 is 3.05 bits per heavy atom. The minimum atomic E-state index is -0.0301. The minimum absolute atomic E-state index is 0.0301. The summed E-state index contributed by atoms with van der Waals surface area (Å²) in [4.78, 5) is 15.7. The molecule has 0 saturated heterocycles. The summed E-state index contributed by atoms with van der Waals surface area (Å²) in [7, 11) is 0. The molecule has 0 atom stereocenters. The molecule has 0 saturated carbocycles. The van der Waals surface area contributed by atoms with Crippen LogP contribution in [0.1, 0.15) is 15.2 Å². The molecular weight excluding hydrogens is 272 g/mol. The van der Waals surface area contributed by atoms with E-state index >= 15 is 0 Å². The zero-order chi connectivity index (χ0) is 13.9. The predicted octanol–water partition coefficient (Wildman–Crippen LogP) is 2.91. The number of thiophene rings is 1. The van der Waals surface area contributed by atoms with Gasteiger partial charge in [-0.25, -0.2) is 0 Å². The summed E-state index contributed by atoms with van der Waals surface area (Å²) in [6.45, 7) is 0.588. The van der Waals surface area contributed by atoms with Gasteiger partial charge >= 0.3 is 0 Å². The number of aromatic hydroxyl groups is 1. The molecule has 0 aliphatic carbocycles. The molecule has 0 bridgehead atoms. The lowest BCUT2D eigenvalue weighted by Gasteiger charge is -2.03. The molecule has 0 aliphatic heterocycles. The highest BCUT2D eigenvalue weighted by Gasteiger charge is 2.07. The van der Waals surface area contributed by atoms with Crippen molar-refractivity contribution in [3.05, 3.63) is 52.3 Å². The number of carbonyl (C=O) groups is 1. The highest BCUT2D eigenvalue weighted by atomic mass is 32.1. The summed E-state index contributed by atoms with van der Waals surface area (Å²) in [5, 5.41) is 15.3. The lowest BCUT2D eigenvalue weighted by molar-refractivity contribution is 0.0958. The normalized spacial score (nSPS) is 10.8. The maximum atomic E-state index is 11.8. The van der Waals surface area contributed by atoms with E-state index in [2.05, 4.69) is 10.3 Å². The van der Waals surface area contributed by atoms with Gasteiger partial charge in [-0.1, -0.05) is 6.07 Å². The van der Waals surface area contributed by atoms with Gasteiger partial charge in [0.15, 0.2) is 0 Å². The second-order valence-corrected chi connectivity index (χ2v) is 5.47. The Hall–Kier alpha value is -2.27. The van der Waals surface area contributed by atoms with Crippen molar-refractivity contribution < 1.29 is 9.90 Å². The van der Waals surface area contributed by atoms with Crippen molar-refractivity contribution in [2.45, 2.75) is 6.42 Å². The fourth-order valence-electron chi connectivity index (χ4n) is 2.19. The number of aromatic nitrogens is 1. The van der Waals surface area contributed by atoms with E-state index in [-0.39, 0.29) is 11.7 Å².